The molecule has 96 heavy (non-hydrogen) atoms. The minimum atomic E-state index is -4.96. The molecule has 0 radical (unpaired) electrons. The van der Waals surface area contributed by atoms with E-state index in [-0.39, 0.29) is 25.7 Å². The fourth-order valence-electron chi connectivity index (χ4n) is 11.7. The zero-order valence-electron chi connectivity index (χ0n) is 63.0. The lowest BCUT2D eigenvalue weighted by atomic mass is 9.99. The molecule has 0 aliphatic rings. The minimum absolute atomic E-state index is 0.106. The molecule has 3 N–H and O–H groups in total. The lowest BCUT2D eigenvalue weighted by Gasteiger charge is -2.21. The number of phosphoric acid groups is 2. The zero-order valence-corrected chi connectivity index (χ0v) is 64.8. The summed E-state index contributed by atoms with van der Waals surface area (Å²) in [7, 11) is -9.91. The molecule has 0 aliphatic carbocycles. The van der Waals surface area contributed by atoms with Crippen LogP contribution >= 0.6 is 15.6 Å². The van der Waals surface area contributed by atoms with Crippen LogP contribution in [0.2, 0.25) is 0 Å². The molecular formula is C77H150O17P2. The zero-order chi connectivity index (χ0) is 71.0. The molecule has 19 heteroatoms. The van der Waals surface area contributed by atoms with Crippen LogP contribution in [0.4, 0.5) is 0 Å². The standard InChI is InChI=1S/C77H150O17P2/c1-9-70(8)56-48-40-31-24-20-16-13-14-18-22-26-34-44-52-60-77(82)94-73(64-88-75(80)58-50-42-36-35-39-47-55-69(6)7)66-92-96(85,86)90-62-71(78)61-89-95(83,84)91-65-72(63-87-74(79)57-49-41-32-28-27-30-38-46-54-68(4)5)93-76(81)59-51-43-33-25-21-17-12-10-11-15-19-23-29-37-45-53-67(2)3/h67-73,78H,9-66H2,1-8H3,(H,83,84)(H,85,86)/t70?,71-,72-,73-/m1/s1. The van der Waals surface area contributed by atoms with Gasteiger partial charge >= 0.3 is 39.5 Å². The van der Waals surface area contributed by atoms with Crippen molar-refractivity contribution in [1.29, 1.82) is 0 Å². The van der Waals surface area contributed by atoms with Gasteiger partial charge in [0.05, 0.1) is 26.4 Å². The molecule has 0 rings (SSSR count). The van der Waals surface area contributed by atoms with E-state index in [1.54, 1.807) is 0 Å². The maximum Gasteiger partial charge on any atom is 0.472 e. The van der Waals surface area contributed by atoms with Crippen molar-refractivity contribution >= 4 is 39.5 Å². The van der Waals surface area contributed by atoms with Gasteiger partial charge in [-0.2, -0.15) is 0 Å². The van der Waals surface area contributed by atoms with Crippen molar-refractivity contribution in [1.82, 2.24) is 0 Å². The molecule has 0 heterocycles. The number of carbonyl (C=O) groups excluding carboxylic acids is 4. The summed E-state index contributed by atoms with van der Waals surface area (Å²) in [5, 5.41) is 10.6. The number of carbonyl (C=O) groups is 4. The number of hydrogen-bond acceptors (Lipinski definition) is 15. The van der Waals surface area contributed by atoms with Gasteiger partial charge in [-0.3, -0.25) is 37.3 Å². The van der Waals surface area contributed by atoms with Gasteiger partial charge in [0.2, 0.25) is 0 Å². The van der Waals surface area contributed by atoms with Crippen LogP contribution < -0.4 is 0 Å². The highest BCUT2D eigenvalue weighted by atomic mass is 31.2. The second kappa shape index (κ2) is 66.3. The maximum atomic E-state index is 13.1. The van der Waals surface area contributed by atoms with E-state index in [1.807, 2.05) is 0 Å². The van der Waals surface area contributed by atoms with Crippen molar-refractivity contribution in [3.63, 3.8) is 0 Å². The van der Waals surface area contributed by atoms with Crippen LogP contribution in [-0.2, 0) is 65.4 Å². The van der Waals surface area contributed by atoms with Crippen LogP contribution in [-0.4, -0.2) is 96.7 Å². The third-order valence-corrected chi connectivity index (χ3v) is 20.1. The highest BCUT2D eigenvalue weighted by molar-refractivity contribution is 7.47. The molecule has 0 aromatic rings. The normalized spacial score (nSPS) is 14.4. The molecule has 3 unspecified atom stereocenters. The van der Waals surface area contributed by atoms with Gasteiger partial charge in [-0.05, 0) is 49.4 Å². The third-order valence-electron chi connectivity index (χ3n) is 18.2. The fourth-order valence-corrected chi connectivity index (χ4v) is 13.3. The number of aliphatic hydroxyl groups is 1. The van der Waals surface area contributed by atoms with Gasteiger partial charge < -0.3 is 33.8 Å². The first-order chi connectivity index (χ1) is 46.1. The molecule has 0 aliphatic heterocycles. The quantitative estimate of drug-likeness (QED) is 0.0222. The summed E-state index contributed by atoms with van der Waals surface area (Å²) >= 11 is 0. The van der Waals surface area contributed by atoms with E-state index in [9.17, 15) is 43.2 Å². The molecule has 0 spiro atoms. The number of rotatable bonds is 74. The number of unbranched alkanes of at least 4 members (excludes halogenated alkanes) is 39. The van der Waals surface area contributed by atoms with E-state index in [0.717, 1.165) is 114 Å². The summed E-state index contributed by atoms with van der Waals surface area (Å²) in [6, 6.07) is 0. The van der Waals surface area contributed by atoms with Gasteiger partial charge in [0, 0.05) is 25.7 Å². The van der Waals surface area contributed by atoms with Gasteiger partial charge in [0.1, 0.15) is 19.3 Å². The summed E-state index contributed by atoms with van der Waals surface area (Å²) in [4.78, 5) is 72.8. The molecule has 0 aromatic carbocycles. The highest BCUT2D eigenvalue weighted by Gasteiger charge is 2.30. The van der Waals surface area contributed by atoms with Crippen LogP contribution in [0.25, 0.3) is 0 Å². The van der Waals surface area contributed by atoms with E-state index in [2.05, 4.69) is 55.4 Å². The Labute approximate surface area is 588 Å². The first kappa shape index (κ1) is 94.1. The van der Waals surface area contributed by atoms with Crippen molar-refractivity contribution in [2.45, 2.75) is 408 Å². The number of esters is 4. The van der Waals surface area contributed by atoms with Crippen LogP contribution in [0.1, 0.15) is 389 Å². The van der Waals surface area contributed by atoms with Crippen molar-refractivity contribution in [2.75, 3.05) is 39.6 Å². The smallest absolute Gasteiger partial charge is 0.462 e. The second-order valence-electron chi connectivity index (χ2n) is 29.4. The van der Waals surface area contributed by atoms with Gasteiger partial charge in [0.25, 0.3) is 0 Å². The third kappa shape index (κ3) is 69.2. The molecule has 570 valence electrons. The molecular weight excluding hydrogens is 1260 g/mol. The maximum absolute atomic E-state index is 13.1. The van der Waals surface area contributed by atoms with Crippen LogP contribution in [0.15, 0.2) is 0 Å². The first-order valence-corrected chi connectivity index (χ1v) is 42.7. The van der Waals surface area contributed by atoms with Crippen LogP contribution in [0.5, 0.6) is 0 Å². The van der Waals surface area contributed by atoms with E-state index in [0.29, 0.717) is 31.6 Å². The highest BCUT2D eigenvalue weighted by Crippen LogP contribution is 2.45. The molecule has 0 bridgehead atoms. The largest absolute Gasteiger partial charge is 0.472 e. The summed E-state index contributed by atoms with van der Waals surface area (Å²) < 4.78 is 68.5. The number of aliphatic hydroxyl groups excluding tert-OH is 1. The van der Waals surface area contributed by atoms with Crippen LogP contribution in [0, 0.1) is 23.7 Å². The van der Waals surface area contributed by atoms with Crippen molar-refractivity contribution in [3.05, 3.63) is 0 Å². The predicted molar refractivity (Wildman–Crippen MR) is 391 cm³/mol. The Kier molecular flexibility index (Phi) is 65.0. The van der Waals surface area contributed by atoms with Gasteiger partial charge in [-0.1, -0.05) is 338 Å². The topological polar surface area (TPSA) is 237 Å². The Balaban J connectivity index is 5.20. The average molecular weight is 1410 g/mol. The number of ether oxygens (including phenoxy) is 4. The number of hydrogen-bond donors (Lipinski definition) is 3. The van der Waals surface area contributed by atoms with Crippen molar-refractivity contribution in [3.8, 4) is 0 Å². The Bertz CT molecular complexity index is 1890. The van der Waals surface area contributed by atoms with Gasteiger partial charge in [-0.25, -0.2) is 9.13 Å². The van der Waals surface area contributed by atoms with E-state index >= 15 is 0 Å². The molecule has 17 nitrogen and oxygen atoms in total. The monoisotopic (exact) mass is 1410 g/mol. The SMILES string of the molecule is CCC(C)CCCCCCCCCCCCCCCCC(=O)O[C@H](COC(=O)CCCCCCCCC(C)C)COP(=O)(O)OC[C@H](O)COP(=O)(O)OC[C@@H](COC(=O)CCCCCCCCCCC(C)C)OC(=O)CCCCCCCCCCCCCCCCCC(C)C. The summed E-state index contributed by atoms with van der Waals surface area (Å²) in [5.74, 6) is 0.932. The van der Waals surface area contributed by atoms with Gasteiger partial charge in [0.15, 0.2) is 12.2 Å². The van der Waals surface area contributed by atoms with Gasteiger partial charge in [-0.15, -0.1) is 0 Å². The molecule has 0 fully saturated rings. The summed E-state index contributed by atoms with van der Waals surface area (Å²) in [5.41, 5.74) is 0. The second-order valence-corrected chi connectivity index (χ2v) is 32.3. The summed E-state index contributed by atoms with van der Waals surface area (Å²) in [6.45, 7) is 14.2. The molecule has 0 saturated heterocycles. The molecule has 6 atom stereocenters. The van der Waals surface area contributed by atoms with E-state index < -0.39 is 97.5 Å². The van der Waals surface area contributed by atoms with E-state index in [1.165, 1.54) is 186 Å². The average Bonchev–Trinajstić information content (AvgIpc) is 1.07. The predicted octanol–water partition coefficient (Wildman–Crippen LogP) is 22.4. The van der Waals surface area contributed by atoms with E-state index in [4.69, 9.17) is 37.0 Å². The Morgan fingerprint density at radius 3 is 0.740 bits per heavy atom. The molecule has 0 aromatic heterocycles. The van der Waals surface area contributed by atoms with Crippen molar-refractivity contribution in [2.24, 2.45) is 23.7 Å². The minimum Gasteiger partial charge on any atom is -0.462 e. The Morgan fingerprint density at radius 2 is 0.500 bits per heavy atom. The van der Waals surface area contributed by atoms with Crippen LogP contribution in [0.3, 0.4) is 0 Å². The lowest BCUT2D eigenvalue weighted by Crippen LogP contribution is -2.30. The Morgan fingerprint density at radius 1 is 0.292 bits per heavy atom. The first-order valence-electron chi connectivity index (χ1n) is 39.7. The Hall–Kier alpha value is -1.94. The number of phosphoric ester groups is 2. The van der Waals surface area contributed by atoms with Crippen molar-refractivity contribution < 1.29 is 80.2 Å². The molecule has 0 saturated carbocycles. The fraction of sp³-hybridized carbons (Fsp3) is 0.948. The lowest BCUT2D eigenvalue weighted by molar-refractivity contribution is -0.161. The molecule has 0 amide bonds. The summed E-state index contributed by atoms with van der Waals surface area (Å²) in [6.07, 6.45) is 51.5.